The van der Waals surface area contributed by atoms with E-state index in [-0.39, 0.29) is 10.8 Å². The third-order valence-electron chi connectivity index (χ3n) is 3.45. The highest BCUT2D eigenvalue weighted by Gasteiger charge is 2.43. The van der Waals surface area contributed by atoms with Crippen LogP contribution in [-0.2, 0) is 20.0 Å². The van der Waals surface area contributed by atoms with E-state index in [0.29, 0.717) is 12.4 Å². The molecule has 0 aliphatic carbocycles. The number of benzene rings is 1. The Morgan fingerprint density at radius 1 is 1.32 bits per heavy atom. The minimum atomic E-state index is -3.28. The third kappa shape index (κ3) is 2.25. The molecule has 0 N–H and O–H groups in total. The minimum Gasteiger partial charge on any atom is -0.310 e. The molecule has 6 heteroatoms. The number of carbonyl (C=O) groups excluding carboxylic acids is 1. The molecular formula is C13H16ClNO3S. The number of nitrogens with zero attached hydrogens (tertiary/aromatic N) is 1. The molecule has 1 heterocycles. The molecule has 1 aliphatic heterocycles. The second kappa shape index (κ2) is 4.49. The van der Waals surface area contributed by atoms with Gasteiger partial charge >= 0.3 is 0 Å². The van der Waals surface area contributed by atoms with E-state index in [0.717, 1.165) is 17.5 Å². The molecule has 0 saturated carbocycles. The highest BCUT2D eigenvalue weighted by molar-refractivity contribution is 7.90. The first-order valence-electron chi connectivity index (χ1n) is 5.92. The van der Waals surface area contributed by atoms with Gasteiger partial charge in [0, 0.05) is 24.4 Å². The van der Waals surface area contributed by atoms with E-state index < -0.39 is 15.3 Å². The van der Waals surface area contributed by atoms with Crippen molar-refractivity contribution < 1.29 is 13.2 Å². The van der Waals surface area contributed by atoms with Crippen LogP contribution in [0.15, 0.2) is 23.1 Å². The average molecular weight is 302 g/mol. The van der Waals surface area contributed by atoms with Crippen LogP contribution in [0.25, 0.3) is 0 Å². The Morgan fingerprint density at radius 2 is 1.95 bits per heavy atom. The van der Waals surface area contributed by atoms with E-state index >= 15 is 0 Å². The number of hydrogen-bond acceptors (Lipinski definition) is 3. The molecule has 2 rings (SSSR count). The van der Waals surface area contributed by atoms with Gasteiger partial charge in [0.25, 0.3) is 0 Å². The lowest BCUT2D eigenvalue weighted by Gasteiger charge is -2.19. The third-order valence-corrected chi connectivity index (χ3v) is 4.73. The number of hydrogen-bond donors (Lipinski definition) is 0. The standard InChI is InChI=1S/C13H16ClNO3S/c1-13(2)10-8-9(19(3,17)18)4-5-11(10)15(7-6-14)12(13)16/h4-5,8H,6-7H2,1-3H3. The van der Waals surface area contributed by atoms with E-state index in [9.17, 15) is 13.2 Å². The maximum absolute atomic E-state index is 12.4. The highest BCUT2D eigenvalue weighted by atomic mass is 35.5. The summed E-state index contributed by atoms with van der Waals surface area (Å²) in [5, 5.41) is 0. The number of alkyl halides is 1. The molecule has 104 valence electrons. The van der Waals surface area contributed by atoms with Crippen LogP contribution >= 0.6 is 11.6 Å². The molecule has 0 unspecified atom stereocenters. The van der Waals surface area contributed by atoms with Crippen molar-refractivity contribution in [1.82, 2.24) is 0 Å². The Bertz CT molecular complexity index is 637. The first kappa shape index (κ1) is 14.3. The molecular weight excluding hydrogens is 286 g/mol. The number of fused-ring (bicyclic) bond motifs is 1. The molecule has 1 aromatic carbocycles. The maximum atomic E-state index is 12.4. The van der Waals surface area contributed by atoms with Crippen LogP contribution < -0.4 is 4.90 Å². The van der Waals surface area contributed by atoms with E-state index in [2.05, 4.69) is 0 Å². The number of anilines is 1. The fourth-order valence-corrected chi connectivity index (χ4v) is 3.17. The van der Waals surface area contributed by atoms with Crippen molar-refractivity contribution in [3.63, 3.8) is 0 Å². The molecule has 0 saturated heterocycles. The fourth-order valence-electron chi connectivity index (χ4n) is 2.35. The van der Waals surface area contributed by atoms with Crippen LogP contribution in [0.5, 0.6) is 0 Å². The monoisotopic (exact) mass is 301 g/mol. The zero-order chi connectivity index (χ0) is 14.4. The summed E-state index contributed by atoms with van der Waals surface area (Å²) in [6.45, 7) is 4.03. The number of halogens is 1. The minimum absolute atomic E-state index is 0.0474. The van der Waals surface area contributed by atoms with Gasteiger partial charge in [0.05, 0.1) is 10.3 Å². The van der Waals surface area contributed by atoms with E-state index in [1.165, 1.54) is 6.07 Å². The molecule has 1 aromatic rings. The number of sulfone groups is 1. The van der Waals surface area contributed by atoms with Gasteiger partial charge in [0.15, 0.2) is 9.84 Å². The van der Waals surface area contributed by atoms with E-state index in [1.54, 1.807) is 30.9 Å². The topological polar surface area (TPSA) is 54.5 Å². The molecule has 0 bridgehead atoms. The molecule has 0 spiro atoms. The zero-order valence-electron chi connectivity index (χ0n) is 11.1. The first-order valence-corrected chi connectivity index (χ1v) is 8.34. The molecule has 0 radical (unpaired) electrons. The Morgan fingerprint density at radius 3 is 2.47 bits per heavy atom. The fraction of sp³-hybridized carbons (Fsp3) is 0.462. The van der Waals surface area contributed by atoms with Crippen molar-refractivity contribution in [2.24, 2.45) is 0 Å². The Kier molecular flexibility index (Phi) is 3.39. The SMILES string of the molecule is CC1(C)C(=O)N(CCCl)c2ccc(S(C)(=O)=O)cc21. The summed E-state index contributed by atoms with van der Waals surface area (Å²) in [4.78, 5) is 14.2. The van der Waals surface area contributed by atoms with Crippen LogP contribution in [0.1, 0.15) is 19.4 Å². The lowest BCUT2D eigenvalue weighted by atomic mass is 9.86. The average Bonchev–Trinajstić information content (AvgIpc) is 2.50. The van der Waals surface area contributed by atoms with Gasteiger partial charge in [0.1, 0.15) is 0 Å². The number of rotatable bonds is 3. The smallest absolute Gasteiger partial charge is 0.237 e. The Labute approximate surface area is 118 Å². The van der Waals surface area contributed by atoms with Crippen molar-refractivity contribution in [3.8, 4) is 0 Å². The number of carbonyl (C=O) groups is 1. The quantitative estimate of drug-likeness (QED) is 0.802. The Balaban J connectivity index is 2.63. The van der Waals surface area contributed by atoms with Crippen LogP contribution in [0.2, 0.25) is 0 Å². The lowest BCUT2D eigenvalue weighted by Crippen LogP contribution is -2.37. The van der Waals surface area contributed by atoms with Crippen LogP contribution in [0.3, 0.4) is 0 Å². The highest BCUT2D eigenvalue weighted by Crippen LogP contribution is 2.42. The summed E-state index contributed by atoms with van der Waals surface area (Å²) in [6, 6.07) is 4.81. The van der Waals surface area contributed by atoms with E-state index in [1.807, 2.05) is 0 Å². The van der Waals surface area contributed by atoms with Gasteiger partial charge in [-0.1, -0.05) is 0 Å². The van der Waals surface area contributed by atoms with Crippen molar-refractivity contribution in [3.05, 3.63) is 23.8 Å². The summed E-state index contributed by atoms with van der Waals surface area (Å²) in [5.41, 5.74) is 0.774. The van der Waals surface area contributed by atoms with Crippen LogP contribution in [-0.4, -0.2) is 33.0 Å². The van der Waals surface area contributed by atoms with Gasteiger partial charge in [0.2, 0.25) is 5.91 Å². The lowest BCUT2D eigenvalue weighted by molar-refractivity contribution is -0.122. The summed E-state index contributed by atoms with van der Waals surface area (Å²) in [5.74, 6) is 0.295. The zero-order valence-corrected chi connectivity index (χ0v) is 12.7. The predicted octanol–water partition coefficient (Wildman–Crippen LogP) is 1.95. The number of amides is 1. The molecule has 1 amide bonds. The van der Waals surface area contributed by atoms with Gasteiger partial charge in [-0.15, -0.1) is 11.6 Å². The van der Waals surface area contributed by atoms with Crippen molar-refractivity contribution in [1.29, 1.82) is 0 Å². The summed E-state index contributed by atoms with van der Waals surface area (Å²) >= 11 is 5.72. The van der Waals surface area contributed by atoms with Gasteiger partial charge < -0.3 is 4.90 Å². The van der Waals surface area contributed by atoms with Crippen LogP contribution in [0.4, 0.5) is 5.69 Å². The summed E-state index contributed by atoms with van der Waals surface area (Å²) in [7, 11) is -3.28. The van der Waals surface area contributed by atoms with Crippen LogP contribution in [0, 0.1) is 0 Å². The second-order valence-electron chi connectivity index (χ2n) is 5.22. The molecule has 19 heavy (non-hydrogen) atoms. The first-order chi connectivity index (χ1) is 8.69. The van der Waals surface area contributed by atoms with Gasteiger partial charge in [-0.3, -0.25) is 4.79 Å². The molecule has 0 fully saturated rings. The molecule has 4 nitrogen and oxygen atoms in total. The maximum Gasteiger partial charge on any atom is 0.237 e. The van der Waals surface area contributed by atoms with E-state index in [4.69, 9.17) is 11.6 Å². The van der Waals surface area contributed by atoms with Gasteiger partial charge in [-0.05, 0) is 37.6 Å². The molecule has 1 aliphatic rings. The second-order valence-corrected chi connectivity index (χ2v) is 7.62. The predicted molar refractivity (Wildman–Crippen MR) is 75.7 cm³/mol. The van der Waals surface area contributed by atoms with Crippen molar-refractivity contribution in [2.75, 3.05) is 23.6 Å². The summed E-state index contributed by atoms with van der Waals surface area (Å²) < 4.78 is 23.2. The Hall–Kier alpha value is -1.07. The largest absolute Gasteiger partial charge is 0.310 e. The summed E-state index contributed by atoms with van der Waals surface area (Å²) in [6.07, 6.45) is 1.16. The van der Waals surface area contributed by atoms with Crippen molar-refractivity contribution >= 4 is 33.0 Å². The normalized spacial score (nSPS) is 17.7. The molecule has 0 aromatic heterocycles. The van der Waals surface area contributed by atoms with Gasteiger partial charge in [-0.2, -0.15) is 0 Å². The van der Waals surface area contributed by atoms with Crippen molar-refractivity contribution in [2.45, 2.75) is 24.2 Å². The van der Waals surface area contributed by atoms with Gasteiger partial charge in [-0.25, -0.2) is 8.42 Å². The molecule has 0 atom stereocenters.